The lowest BCUT2D eigenvalue weighted by Crippen LogP contribution is -2.19. The first-order valence-corrected chi connectivity index (χ1v) is 11.1. The van der Waals surface area contributed by atoms with Crippen molar-refractivity contribution in [3.05, 3.63) is 100 Å². The van der Waals surface area contributed by atoms with Crippen LogP contribution in [-0.2, 0) is 17.2 Å². The van der Waals surface area contributed by atoms with Crippen LogP contribution in [0.5, 0.6) is 5.75 Å². The smallest absolute Gasteiger partial charge is 0.250 e. The van der Waals surface area contributed by atoms with Gasteiger partial charge in [-0.25, -0.2) is 5.43 Å². The summed E-state index contributed by atoms with van der Waals surface area (Å²) in [4.78, 5) is 11.9. The third-order valence-electron chi connectivity index (χ3n) is 3.98. The molecule has 0 fully saturated rings. The predicted octanol–water partition coefficient (Wildman–Crippen LogP) is 5.41. The van der Waals surface area contributed by atoms with E-state index >= 15 is 0 Å². The van der Waals surface area contributed by atoms with Crippen LogP contribution in [0.15, 0.2) is 88.4 Å². The van der Waals surface area contributed by atoms with E-state index in [4.69, 9.17) is 4.74 Å². The summed E-state index contributed by atoms with van der Waals surface area (Å²) in [7, 11) is 0. The standard InChI is InChI=1S/C23H21BrN2O2S/c24-22-9-5-4-8-20(22)16-29-17-23(27)26-25-14-18-10-12-21(13-11-18)28-15-19-6-2-1-3-7-19/h1-14H,15-17H2,(H,26,27)/b25-14+. The summed E-state index contributed by atoms with van der Waals surface area (Å²) in [5, 5.41) is 4.02. The molecule has 1 N–H and O–H groups in total. The monoisotopic (exact) mass is 468 g/mol. The van der Waals surface area contributed by atoms with Crippen molar-refractivity contribution in [2.75, 3.05) is 5.75 Å². The largest absolute Gasteiger partial charge is 0.489 e. The topological polar surface area (TPSA) is 50.7 Å². The molecule has 0 radical (unpaired) electrons. The Morgan fingerprint density at radius 1 is 1.00 bits per heavy atom. The summed E-state index contributed by atoms with van der Waals surface area (Å²) in [6, 6.07) is 25.6. The summed E-state index contributed by atoms with van der Waals surface area (Å²) in [5.41, 5.74) is 5.74. The SMILES string of the molecule is O=C(CSCc1ccccc1Br)N/N=C/c1ccc(OCc2ccccc2)cc1. The zero-order valence-corrected chi connectivity index (χ0v) is 18.2. The molecule has 4 nitrogen and oxygen atoms in total. The van der Waals surface area contributed by atoms with Crippen molar-refractivity contribution >= 4 is 39.8 Å². The molecule has 0 aliphatic rings. The van der Waals surface area contributed by atoms with E-state index in [1.807, 2.05) is 78.9 Å². The molecule has 1 amide bonds. The van der Waals surface area contributed by atoms with Gasteiger partial charge in [0.05, 0.1) is 12.0 Å². The number of carbonyl (C=O) groups excluding carboxylic acids is 1. The molecular weight excluding hydrogens is 448 g/mol. The lowest BCUT2D eigenvalue weighted by molar-refractivity contribution is -0.118. The average molecular weight is 469 g/mol. The number of benzene rings is 3. The number of nitrogens with zero attached hydrogens (tertiary/aromatic N) is 1. The number of thioether (sulfide) groups is 1. The van der Waals surface area contributed by atoms with Gasteiger partial charge in [-0.15, -0.1) is 11.8 Å². The highest BCUT2D eigenvalue weighted by Crippen LogP contribution is 2.21. The Hall–Kier alpha value is -2.57. The minimum absolute atomic E-state index is 0.124. The van der Waals surface area contributed by atoms with Crippen LogP contribution in [0.4, 0.5) is 0 Å². The van der Waals surface area contributed by atoms with Crippen molar-refractivity contribution in [3.8, 4) is 5.75 Å². The first-order chi connectivity index (χ1) is 14.2. The maximum absolute atomic E-state index is 11.9. The fourth-order valence-corrected chi connectivity index (χ4v) is 3.91. The number of ether oxygens (including phenoxy) is 1. The van der Waals surface area contributed by atoms with Crippen molar-refractivity contribution < 1.29 is 9.53 Å². The van der Waals surface area contributed by atoms with Crippen molar-refractivity contribution in [2.45, 2.75) is 12.4 Å². The normalized spacial score (nSPS) is 10.8. The maximum Gasteiger partial charge on any atom is 0.250 e. The Kier molecular flexibility index (Phi) is 8.34. The van der Waals surface area contributed by atoms with E-state index in [0.717, 1.165) is 27.1 Å². The van der Waals surface area contributed by atoms with Crippen LogP contribution in [0, 0.1) is 0 Å². The van der Waals surface area contributed by atoms with Crippen LogP contribution in [0.2, 0.25) is 0 Å². The molecule has 0 aliphatic heterocycles. The summed E-state index contributed by atoms with van der Waals surface area (Å²) in [5.74, 6) is 1.79. The lowest BCUT2D eigenvalue weighted by Gasteiger charge is -2.06. The summed E-state index contributed by atoms with van der Waals surface area (Å²) in [6.07, 6.45) is 1.62. The van der Waals surface area contributed by atoms with Crippen LogP contribution < -0.4 is 10.2 Å². The van der Waals surface area contributed by atoms with E-state index in [9.17, 15) is 4.79 Å². The number of hydrogen-bond acceptors (Lipinski definition) is 4. The van der Waals surface area contributed by atoms with E-state index in [1.54, 1.807) is 18.0 Å². The Labute approximate surface area is 183 Å². The second-order valence-electron chi connectivity index (χ2n) is 6.22. The van der Waals surface area contributed by atoms with Gasteiger partial charge >= 0.3 is 0 Å². The maximum atomic E-state index is 11.9. The van der Waals surface area contributed by atoms with Gasteiger partial charge in [-0.05, 0) is 47.0 Å². The highest BCUT2D eigenvalue weighted by molar-refractivity contribution is 9.10. The molecule has 0 saturated heterocycles. The van der Waals surface area contributed by atoms with Crippen LogP contribution in [0.25, 0.3) is 0 Å². The summed E-state index contributed by atoms with van der Waals surface area (Å²) < 4.78 is 6.82. The van der Waals surface area contributed by atoms with Gasteiger partial charge in [0.15, 0.2) is 0 Å². The molecule has 0 saturated carbocycles. The minimum atomic E-state index is -0.124. The van der Waals surface area contributed by atoms with E-state index in [0.29, 0.717) is 12.4 Å². The van der Waals surface area contributed by atoms with Gasteiger partial charge in [-0.1, -0.05) is 64.5 Å². The first-order valence-electron chi connectivity index (χ1n) is 9.10. The number of carbonyl (C=O) groups is 1. The van der Waals surface area contributed by atoms with Crippen LogP contribution in [0.1, 0.15) is 16.7 Å². The van der Waals surface area contributed by atoms with Gasteiger partial charge in [0.1, 0.15) is 12.4 Å². The highest BCUT2D eigenvalue weighted by atomic mass is 79.9. The summed E-state index contributed by atoms with van der Waals surface area (Å²) >= 11 is 5.06. The molecule has 29 heavy (non-hydrogen) atoms. The Bertz CT molecular complexity index is 947. The minimum Gasteiger partial charge on any atom is -0.489 e. The fraction of sp³-hybridized carbons (Fsp3) is 0.130. The van der Waals surface area contributed by atoms with Gasteiger partial charge in [-0.3, -0.25) is 4.79 Å². The molecular formula is C23H21BrN2O2S. The molecule has 0 heterocycles. The average Bonchev–Trinajstić information content (AvgIpc) is 2.75. The van der Waals surface area contributed by atoms with Crippen LogP contribution >= 0.6 is 27.7 Å². The number of halogens is 1. The molecule has 3 rings (SSSR count). The van der Waals surface area contributed by atoms with Crippen LogP contribution in [0.3, 0.4) is 0 Å². The molecule has 0 spiro atoms. The Balaban J connectivity index is 1.38. The zero-order chi connectivity index (χ0) is 20.3. The zero-order valence-electron chi connectivity index (χ0n) is 15.8. The van der Waals surface area contributed by atoms with E-state index < -0.39 is 0 Å². The van der Waals surface area contributed by atoms with E-state index in [-0.39, 0.29) is 5.91 Å². The molecule has 148 valence electrons. The quantitative estimate of drug-likeness (QED) is 0.337. The molecule has 3 aromatic rings. The van der Waals surface area contributed by atoms with Crippen molar-refractivity contribution in [2.24, 2.45) is 5.10 Å². The Morgan fingerprint density at radius 3 is 2.48 bits per heavy atom. The number of amides is 1. The molecule has 0 aliphatic carbocycles. The van der Waals surface area contributed by atoms with Gasteiger partial charge < -0.3 is 4.74 Å². The lowest BCUT2D eigenvalue weighted by atomic mass is 10.2. The second-order valence-corrected chi connectivity index (χ2v) is 8.06. The first kappa shape index (κ1) is 21.1. The summed E-state index contributed by atoms with van der Waals surface area (Å²) in [6.45, 7) is 0.529. The molecule has 0 unspecified atom stereocenters. The second kappa shape index (κ2) is 11.4. The molecule has 0 bridgehead atoms. The van der Waals surface area contributed by atoms with Gasteiger partial charge in [0.25, 0.3) is 0 Å². The number of nitrogens with one attached hydrogen (secondary N) is 1. The Morgan fingerprint density at radius 2 is 1.72 bits per heavy atom. The third-order valence-corrected chi connectivity index (χ3v) is 5.73. The predicted molar refractivity (Wildman–Crippen MR) is 123 cm³/mol. The molecule has 3 aromatic carbocycles. The van der Waals surface area contributed by atoms with Gasteiger partial charge in [0.2, 0.25) is 5.91 Å². The molecule has 6 heteroatoms. The van der Waals surface area contributed by atoms with Gasteiger partial charge in [0, 0.05) is 10.2 Å². The molecule has 0 aromatic heterocycles. The third kappa shape index (κ3) is 7.40. The molecule has 0 atom stereocenters. The number of hydrogen-bond donors (Lipinski definition) is 1. The van der Waals surface area contributed by atoms with E-state index in [1.165, 1.54) is 5.56 Å². The van der Waals surface area contributed by atoms with Crippen molar-refractivity contribution in [1.29, 1.82) is 0 Å². The highest BCUT2D eigenvalue weighted by Gasteiger charge is 2.03. The van der Waals surface area contributed by atoms with Crippen molar-refractivity contribution in [3.63, 3.8) is 0 Å². The number of hydrazone groups is 1. The fourth-order valence-electron chi connectivity index (χ4n) is 2.47. The van der Waals surface area contributed by atoms with Crippen LogP contribution in [-0.4, -0.2) is 17.9 Å². The van der Waals surface area contributed by atoms with Gasteiger partial charge in [-0.2, -0.15) is 5.10 Å². The number of rotatable bonds is 9. The van der Waals surface area contributed by atoms with E-state index in [2.05, 4.69) is 26.5 Å². The van der Waals surface area contributed by atoms with Crippen molar-refractivity contribution in [1.82, 2.24) is 5.43 Å².